The minimum atomic E-state index is -0.347. The highest BCUT2D eigenvalue weighted by molar-refractivity contribution is 5.82. The standard InChI is InChI=1S/C25H30N4O3/c1-18-4-2-6-21-22(18)25(30)32-24(27-21)20-5-3-10-26-23(20)29-12-8-19(9-13-29)7-11-28-14-16-31-17-15-28/h2-6,10,19H,7-9,11-17H2,1H3. The number of ether oxygens (including phenoxy) is 1. The Morgan fingerprint density at radius 3 is 2.69 bits per heavy atom. The number of hydrogen-bond acceptors (Lipinski definition) is 7. The number of rotatable bonds is 5. The van der Waals surface area contributed by atoms with Crippen molar-refractivity contribution in [3.63, 3.8) is 0 Å². The number of hydrogen-bond donors (Lipinski definition) is 0. The summed E-state index contributed by atoms with van der Waals surface area (Å²) in [6.07, 6.45) is 5.33. The molecule has 0 spiro atoms. The summed E-state index contributed by atoms with van der Waals surface area (Å²) in [5.41, 5.74) is 1.97. The molecule has 0 radical (unpaired) electrons. The van der Waals surface area contributed by atoms with E-state index in [1.807, 2.05) is 37.3 Å². The van der Waals surface area contributed by atoms with Crippen LogP contribution in [0, 0.1) is 12.8 Å². The predicted octanol–water partition coefficient (Wildman–Crippen LogP) is 3.50. The van der Waals surface area contributed by atoms with E-state index in [0.717, 1.165) is 81.6 Å². The van der Waals surface area contributed by atoms with Gasteiger partial charge in [-0.3, -0.25) is 4.90 Å². The Bertz CT molecular complexity index is 1130. The van der Waals surface area contributed by atoms with E-state index in [-0.39, 0.29) is 5.63 Å². The molecule has 2 saturated heterocycles. The van der Waals surface area contributed by atoms with Gasteiger partial charge in [0.25, 0.3) is 0 Å². The first-order valence-corrected chi connectivity index (χ1v) is 11.6. The van der Waals surface area contributed by atoms with E-state index in [2.05, 4.69) is 19.8 Å². The first-order valence-electron chi connectivity index (χ1n) is 11.6. The highest BCUT2D eigenvalue weighted by Crippen LogP contribution is 2.31. The second kappa shape index (κ2) is 9.38. The Morgan fingerprint density at radius 2 is 1.88 bits per heavy atom. The average Bonchev–Trinajstić information content (AvgIpc) is 2.83. The Labute approximate surface area is 188 Å². The summed E-state index contributed by atoms with van der Waals surface area (Å²) < 4.78 is 11.1. The Morgan fingerprint density at radius 1 is 1.06 bits per heavy atom. The number of piperidine rings is 1. The number of anilines is 1. The maximum atomic E-state index is 12.7. The van der Waals surface area contributed by atoms with Gasteiger partial charge in [-0.15, -0.1) is 0 Å². The van der Waals surface area contributed by atoms with Crippen molar-refractivity contribution in [3.8, 4) is 11.5 Å². The van der Waals surface area contributed by atoms with Gasteiger partial charge in [0.2, 0.25) is 5.89 Å². The Hall–Kier alpha value is -2.77. The van der Waals surface area contributed by atoms with Gasteiger partial charge in [-0.05, 0) is 62.4 Å². The minimum Gasteiger partial charge on any atom is -0.403 e. The highest BCUT2D eigenvalue weighted by Gasteiger charge is 2.24. The van der Waals surface area contributed by atoms with Gasteiger partial charge >= 0.3 is 5.63 Å². The van der Waals surface area contributed by atoms with E-state index in [4.69, 9.17) is 9.15 Å². The van der Waals surface area contributed by atoms with Crippen LogP contribution in [0.4, 0.5) is 5.82 Å². The normalized spacial score (nSPS) is 18.3. The van der Waals surface area contributed by atoms with Crippen LogP contribution in [-0.2, 0) is 4.74 Å². The molecular weight excluding hydrogens is 404 g/mol. The lowest BCUT2D eigenvalue weighted by atomic mass is 9.93. The van der Waals surface area contributed by atoms with E-state index < -0.39 is 0 Å². The molecule has 0 bridgehead atoms. The van der Waals surface area contributed by atoms with E-state index >= 15 is 0 Å². The van der Waals surface area contributed by atoms with Crippen LogP contribution in [0.25, 0.3) is 22.4 Å². The van der Waals surface area contributed by atoms with Crippen LogP contribution in [0.5, 0.6) is 0 Å². The molecule has 0 saturated carbocycles. The molecule has 1 aromatic carbocycles. The first-order chi connectivity index (χ1) is 15.7. The number of aromatic nitrogens is 2. The zero-order valence-electron chi connectivity index (χ0n) is 18.6. The molecule has 0 N–H and O–H groups in total. The van der Waals surface area contributed by atoms with E-state index in [1.54, 1.807) is 6.20 Å². The number of benzene rings is 1. The van der Waals surface area contributed by atoms with Crippen LogP contribution in [0.3, 0.4) is 0 Å². The van der Waals surface area contributed by atoms with Crippen molar-refractivity contribution in [1.82, 2.24) is 14.9 Å². The summed E-state index contributed by atoms with van der Waals surface area (Å²) in [5, 5.41) is 0.544. The fourth-order valence-electron chi connectivity index (χ4n) is 4.84. The second-order valence-corrected chi connectivity index (χ2v) is 8.82. The first kappa shape index (κ1) is 21.1. The van der Waals surface area contributed by atoms with Gasteiger partial charge in [0, 0.05) is 32.4 Å². The zero-order chi connectivity index (χ0) is 21.9. The zero-order valence-corrected chi connectivity index (χ0v) is 18.6. The molecule has 0 atom stereocenters. The van der Waals surface area contributed by atoms with Crippen LogP contribution >= 0.6 is 0 Å². The minimum absolute atomic E-state index is 0.339. The fourth-order valence-corrected chi connectivity index (χ4v) is 4.84. The number of aryl methyl sites for hydroxylation is 1. The van der Waals surface area contributed by atoms with Crippen molar-refractivity contribution in [2.45, 2.75) is 26.2 Å². The summed E-state index contributed by atoms with van der Waals surface area (Å²) in [4.78, 5) is 26.8. The van der Waals surface area contributed by atoms with Gasteiger partial charge in [-0.25, -0.2) is 14.8 Å². The lowest BCUT2D eigenvalue weighted by molar-refractivity contribution is 0.0349. The molecule has 5 rings (SSSR count). The fraction of sp³-hybridized carbons (Fsp3) is 0.480. The molecule has 2 aliphatic rings. The molecule has 2 aliphatic heterocycles. The maximum Gasteiger partial charge on any atom is 0.347 e. The van der Waals surface area contributed by atoms with E-state index in [9.17, 15) is 4.79 Å². The summed E-state index contributed by atoms with van der Waals surface area (Å²) in [6, 6.07) is 9.49. The van der Waals surface area contributed by atoms with E-state index in [1.165, 1.54) is 6.42 Å². The largest absolute Gasteiger partial charge is 0.403 e. The summed E-state index contributed by atoms with van der Waals surface area (Å²) in [7, 11) is 0. The van der Waals surface area contributed by atoms with Gasteiger partial charge in [-0.1, -0.05) is 12.1 Å². The topological polar surface area (TPSA) is 71.7 Å². The number of nitrogens with zero attached hydrogens (tertiary/aromatic N) is 4. The molecule has 32 heavy (non-hydrogen) atoms. The molecule has 7 heteroatoms. The van der Waals surface area contributed by atoms with Gasteiger partial charge < -0.3 is 14.1 Å². The van der Waals surface area contributed by atoms with Gasteiger partial charge in [0.05, 0.1) is 29.7 Å². The molecule has 2 fully saturated rings. The van der Waals surface area contributed by atoms with Crippen molar-refractivity contribution >= 4 is 16.7 Å². The van der Waals surface area contributed by atoms with Gasteiger partial charge in [-0.2, -0.15) is 0 Å². The summed E-state index contributed by atoms with van der Waals surface area (Å²) in [5.74, 6) is 1.92. The van der Waals surface area contributed by atoms with Crippen LogP contribution in [0.15, 0.2) is 45.7 Å². The molecule has 0 unspecified atom stereocenters. The smallest absolute Gasteiger partial charge is 0.347 e. The van der Waals surface area contributed by atoms with Crippen molar-refractivity contribution in [2.75, 3.05) is 50.8 Å². The van der Waals surface area contributed by atoms with Crippen LogP contribution in [-0.4, -0.2) is 60.8 Å². The highest BCUT2D eigenvalue weighted by atomic mass is 16.5. The predicted molar refractivity (Wildman–Crippen MR) is 125 cm³/mol. The van der Waals surface area contributed by atoms with Crippen LogP contribution in [0.1, 0.15) is 24.8 Å². The second-order valence-electron chi connectivity index (χ2n) is 8.82. The molecular formula is C25H30N4O3. The van der Waals surface area contributed by atoms with Crippen LogP contribution in [0.2, 0.25) is 0 Å². The molecule has 3 aromatic rings. The summed E-state index contributed by atoms with van der Waals surface area (Å²) in [6.45, 7) is 8.80. The lowest BCUT2D eigenvalue weighted by Gasteiger charge is -2.35. The molecule has 168 valence electrons. The van der Waals surface area contributed by atoms with Crippen LogP contribution < -0.4 is 10.5 Å². The lowest BCUT2D eigenvalue weighted by Crippen LogP contribution is -2.39. The van der Waals surface area contributed by atoms with Crippen molar-refractivity contribution in [1.29, 1.82) is 0 Å². The molecule has 4 heterocycles. The third-order valence-corrected chi connectivity index (χ3v) is 6.75. The van der Waals surface area contributed by atoms with E-state index in [0.29, 0.717) is 16.8 Å². The molecule has 0 amide bonds. The number of fused-ring (bicyclic) bond motifs is 1. The Kier molecular flexibility index (Phi) is 6.19. The molecule has 0 aliphatic carbocycles. The monoisotopic (exact) mass is 434 g/mol. The maximum absolute atomic E-state index is 12.7. The quantitative estimate of drug-likeness (QED) is 0.609. The number of pyridine rings is 1. The third kappa shape index (κ3) is 4.40. The number of morpholine rings is 1. The molecule has 7 nitrogen and oxygen atoms in total. The van der Waals surface area contributed by atoms with Crippen molar-refractivity contribution in [3.05, 3.63) is 52.5 Å². The Balaban J connectivity index is 1.31. The van der Waals surface area contributed by atoms with Gasteiger partial charge in [0.15, 0.2) is 0 Å². The van der Waals surface area contributed by atoms with Crippen molar-refractivity contribution < 1.29 is 9.15 Å². The SMILES string of the molecule is Cc1cccc2nc(-c3cccnc3N3CCC(CCN4CCOCC4)CC3)oc(=O)c12. The summed E-state index contributed by atoms with van der Waals surface area (Å²) >= 11 is 0. The average molecular weight is 435 g/mol. The van der Waals surface area contributed by atoms with Crippen molar-refractivity contribution in [2.24, 2.45) is 5.92 Å². The third-order valence-electron chi connectivity index (χ3n) is 6.75. The molecule has 2 aromatic heterocycles. The van der Waals surface area contributed by atoms with Gasteiger partial charge in [0.1, 0.15) is 5.82 Å².